The summed E-state index contributed by atoms with van der Waals surface area (Å²) in [6, 6.07) is 4.78. The van der Waals surface area contributed by atoms with Crippen LogP contribution in [0.2, 0.25) is 0 Å². The van der Waals surface area contributed by atoms with Gasteiger partial charge in [-0.25, -0.2) is 0 Å². The summed E-state index contributed by atoms with van der Waals surface area (Å²) in [6.45, 7) is 8.94. The van der Waals surface area contributed by atoms with Crippen molar-refractivity contribution in [2.24, 2.45) is 10.9 Å². The molecule has 2 aliphatic rings. The number of thiophene rings is 1. The third kappa shape index (κ3) is 6.58. The van der Waals surface area contributed by atoms with Crippen LogP contribution in [0.3, 0.4) is 0 Å². The molecule has 1 atom stereocenters. The summed E-state index contributed by atoms with van der Waals surface area (Å²) in [5.74, 6) is 1.66. The Morgan fingerprint density at radius 3 is 2.67 bits per heavy atom. The normalized spacial score (nSPS) is 21.8. The first-order chi connectivity index (χ1) is 12.6. The van der Waals surface area contributed by atoms with Gasteiger partial charge in [-0.15, -0.1) is 35.3 Å². The number of aliphatic hydroxyl groups is 1. The summed E-state index contributed by atoms with van der Waals surface area (Å²) in [6.07, 6.45) is 5.43. The highest BCUT2D eigenvalue weighted by atomic mass is 127. The van der Waals surface area contributed by atoms with Crippen molar-refractivity contribution in [1.82, 2.24) is 15.5 Å². The van der Waals surface area contributed by atoms with Crippen molar-refractivity contribution < 1.29 is 5.11 Å². The van der Waals surface area contributed by atoms with Gasteiger partial charge in [-0.05, 0) is 69.5 Å². The Kier molecular flexibility index (Phi) is 9.31. The number of piperidine rings is 1. The van der Waals surface area contributed by atoms with E-state index in [1.807, 2.05) is 11.3 Å². The first-order valence-electron chi connectivity index (χ1n) is 10.1. The van der Waals surface area contributed by atoms with Crippen molar-refractivity contribution in [1.29, 1.82) is 0 Å². The Morgan fingerprint density at radius 2 is 2.11 bits per heavy atom. The second kappa shape index (κ2) is 11.0. The van der Waals surface area contributed by atoms with E-state index in [9.17, 15) is 5.11 Å². The lowest BCUT2D eigenvalue weighted by Gasteiger charge is -2.37. The molecule has 0 radical (unpaired) electrons. The molecule has 2 fully saturated rings. The topological polar surface area (TPSA) is 59.9 Å². The van der Waals surface area contributed by atoms with Crippen LogP contribution in [0.4, 0.5) is 0 Å². The summed E-state index contributed by atoms with van der Waals surface area (Å²) < 4.78 is 0. The van der Waals surface area contributed by atoms with Crippen molar-refractivity contribution in [3.05, 3.63) is 22.4 Å². The third-order valence-corrected chi connectivity index (χ3v) is 6.73. The molecular weight excluding hydrogens is 471 g/mol. The van der Waals surface area contributed by atoms with Crippen LogP contribution in [0.15, 0.2) is 22.5 Å². The van der Waals surface area contributed by atoms with Crippen molar-refractivity contribution in [2.75, 3.05) is 32.7 Å². The van der Waals surface area contributed by atoms with Crippen LogP contribution in [-0.2, 0) is 0 Å². The predicted molar refractivity (Wildman–Crippen MR) is 125 cm³/mol. The van der Waals surface area contributed by atoms with E-state index in [4.69, 9.17) is 0 Å². The maximum atomic E-state index is 10.3. The highest BCUT2D eigenvalue weighted by Gasteiger charge is 2.34. The number of hydrogen-bond acceptors (Lipinski definition) is 4. The van der Waals surface area contributed by atoms with Gasteiger partial charge in [-0.2, -0.15) is 0 Å². The number of likely N-dealkylation sites (tertiary alicyclic amines) is 1. The van der Waals surface area contributed by atoms with Crippen LogP contribution < -0.4 is 10.6 Å². The fraction of sp³-hybridized carbons (Fsp3) is 0.750. The molecule has 1 saturated carbocycles. The fourth-order valence-electron chi connectivity index (χ4n) is 3.74. The smallest absolute Gasteiger partial charge is 0.191 e. The van der Waals surface area contributed by atoms with Gasteiger partial charge in [0, 0.05) is 18.0 Å². The molecule has 0 spiro atoms. The van der Waals surface area contributed by atoms with Gasteiger partial charge < -0.3 is 15.7 Å². The Bertz CT molecular complexity index is 569. The van der Waals surface area contributed by atoms with Gasteiger partial charge in [0.1, 0.15) is 0 Å². The molecule has 1 aliphatic heterocycles. The molecule has 5 nitrogen and oxygen atoms in total. The lowest BCUT2D eigenvalue weighted by molar-refractivity contribution is -0.0236. The van der Waals surface area contributed by atoms with E-state index >= 15 is 0 Å². The molecule has 1 aromatic heterocycles. The molecule has 3 rings (SSSR count). The summed E-state index contributed by atoms with van der Waals surface area (Å²) in [7, 11) is 0. The zero-order valence-corrected chi connectivity index (χ0v) is 19.8. The van der Waals surface area contributed by atoms with Crippen LogP contribution in [0.25, 0.3) is 0 Å². The van der Waals surface area contributed by atoms with E-state index in [0.29, 0.717) is 12.6 Å². The minimum atomic E-state index is -0.571. The van der Waals surface area contributed by atoms with Crippen molar-refractivity contribution >= 4 is 41.3 Å². The number of guanidine groups is 1. The molecule has 3 N–H and O–H groups in total. The Morgan fingerprint density at radius 1 is 1.37 bits per heavy atom. The Labute approximate surface area is 185 Å². The molecule has 0 aromatic carbocycles. The summed E-state index contributed by atoms with van der Waals surface area (Å²) in [5.41, 5.74) is -0.571. The molecular formula is C20H35IN4OS. The molecule has 1 saturated heterocycles. The minimum Gasteiger partial charge on any atom is -0.388 e. The molecule has 0 bridgehead atoms. The van der Waals surface area contributed by atoms with E-state index in [-0.39, 0.29) is 24.0 Å². The number of nitrogens with zero attached hydrogens (tertiary/aromatic N) is 2. The van der Waals surface area contributed by atoms with Gasteiger partial charge in [-0.1, -0.05) is 13.0 Å². The number of rotatable bonds is 7. The highest BCUT2D eigenvalue weighted by molar-refractivity contribution is 14.0. The second-order valence-electron chi connectivity index (χ2n) is 7.90. The average Bonchev–Trinajstić information content (AvgIpc) is 3.14. The van der Waals surface area contributed by atoms with E-state index < -0.39 is 5.60 Å². The minimum absolute atomic E-state index is 0. The van der Waals surface area contributed by atoms with Gasteiger partial charge in [0.25, 0.3) is 0 Å². The van der Waals surface area contributed by atoms with Crippen LogP contribution in [-0.4, -0.2) is 54.3 Å². The van der Waals surface area contributed by atoms with Crippen molar-refractivity contribution in [3.63, 3.8) is 0 Å². The van der Waals surface area contributed by atoms with Crippen molar-refractivity contribution in [2.45, 2.75) is 57.6 Å². The zero-order valence-electron chi connectivity index (χ0n) is 16.6. The molecule has 27 heavy (non-hydrogen) atoms. The van der Waals surface area contributed by atoms with Crippen molar-refractivity contribution in [3.8, 4) is 0 Å². The maximum Gasteiger partial charge on any atom is 0.191 e. The zero-order chi connectivity index (χ0) is 18.4. The van der Waals surface area contributed by atoms with E-state index in [1.54, 1.807) is 0 Å². The Hall–Kier alpha value is -0.380. The highest BCUT2D eigenvalue weighted by Crippen LogP contribution is 2.32. The largest absolute Gasteiger partial charge is 0.388 e. The summed E-state index contributed by atoms with van der Waals surface area (Å²) in [5, 5.41) is 19.3. The molecule has 7 heteroatoms. The first-order valence-corrected chi connectivity index (χ1v) is 11.0. The van der Waals surface area contributed by atoms with Gasteiger partial charge >= 0.3 is 0 Å². The van der Waals surface area contributed by atoms with Crippen LogP contribution in [0.5, 0.6) is 0 Å². The number of nitrogens with one attached hydrogen (secondary N) is 2. The lowest BCUT2D eigenvalue weighted by Crippen LogP contribution is -2.46. The fourth-order valence-corrected chi connectivity index (χ4v) is 4.60. The predicted octanol–water partition coefficient (Wildman–Crippen LogP) is 3.61. The quantitative estimate of drug-likeness (QED) is 0.301. The van der Waals surface area contributed by atoms with E-state index in [1.165, 1.54) is 30.8 Å². The SMILES string of the molecule is CCNC(=NCC1(O)CCC1)NCC(c1cccs1)N1CCC(C)CC1.I. The van der Waals surface area contributed by atoms with Gasteiger partial charge in [0.15, 0.2) is 5.96 Å². The lowest BCUT2D eigenvalue weighted by atomic mass is 9.80. The molecule has 154 valence electrons. The first kappa shape index (κ1) is 22.9. The van der Waals surface area contributed by atoms with Crippen LogP contribution >= 0.6 is 35.3 Å². The number of halogens is 1. The number of hydrogen-bond donors (Lipinski definition) is 3. The average molecular weight is 506 g/mol. The summed E-state index contributed by atoms with van der Waals surface area (Å²) in [4.78, 5) is 8.68. The monoisotopic (exact) mass is 506 g/mol. The number of aliphatic imine (C=N–C) groups is 1. The standard InChI is InChI=1S/C20H34N4OS.HI/c1-3-21-19(23-15-20(25)9-5-10-20)22-14-17(18-6-4-13-26-18)24-11-7-16(2)8-12-24;/h4,6,13,16-17,25H,3,5,7-12,14-15H2,1-2H3,(H2,21,22,23);1H. The molecule has 1 unspecified atom stereocenters. The molecule has 0 amide bonds. The van der Waals surface area contributed by atoms with Crippen LogP contribution in [0.1, 0.15) is 56.9 Å². The van der Waals surface area contributed by atoms with Gasteiger partial charge in [0.05, 0.1) is 18.2 Å². The molecule has 1 aromatic rings. The van der Waals surface area contributed by atoms with Gasteiger partial charge in [-0.3, -0.25) is 9.89 Å². The Balaban J connectivity index is 0.00000261. The maximum absolute atomic E-state index is 10.3. The van der Waals surface area contributed by atoms with Crippen LogP contribution in [0, 0.1) is 5.92 Å². The third-order valence-electron chi connectivity index (χ3n) is 5.75. The summed E-state index contributed by atoms with van der Waals surface area (Å²) >= 11 is 1.84. The van der Waals surface area contributed by atoms with E-state index in [0.717, 1.165) is 44.2 Å². The molecule has 2 heterocycles. The van der Waals surface area contributed by atoms with E-state index in [2.05, 4.69) is 51.9 Å². The second-order valence-corrected chi connectivity index (χ2v) is 8.88. The molecule has 1 aliphatic carbocycles. The van der Waals surface area contributed by atoms with Gasteiger partial charge in [0.2, 0.25) is 0 Å².